The molecular formula is C13H16FNO2. The number of ether oxygens (including phenoxy) is 1. The highest BCUT2D eigenvalue weighted by Gasteiger charge is 2.25. The Morgan fingerprint density at radius 1 is 1.53 bits per heavy atom. The van der Waals surface area contributed by atoms with Crippen molar-refractivity contribution >= 4 is 11.5 Å². The molecule has 0 radical (unpaired) electrons. The molecule has 2 rings (SSSR count). The molecule has 0 aliphatic carbocycles. The summed E-state index contributed by atoms with van der Waals surface area (Å²) in [6, 6.07) is 4.75. The van der Waals surface area contributed by atoms with Crippen LogP contribution in [0.1, 0.15) is 23.7 Å². The van der Waals surface area contributed by atoms with Crippen LogP contribution in [0.15, 0.2) is 18.2 Å². The number of likely N-dealkylation sites (N-methyl/N-ethyl adjacent to an activating group) is 1. The van der Waals surface area contributed by atoms with Gasteiger partial charge in [0.15, 0.2) is 5.78 Å². The molecule has 1 heterocycles. The molecule has 17 heavy (non-hydrogen) atoms. The van der Waals surface area contributed by atoms with Crippen LogP contribution in [0.2, 0.25) is 0 Å². The molecule has 0 saturated carbocycles. The number of hydrogen-bond donors (Lipinski definition) is 0. The third kappa shape index (κ3) is 2.31. The molecular weight excluding hydrogens is 221 g/mol. The number of ketones is 1. The van der Waals surface area contributed by atoms with Gasteiger partial charge in [0.1, 0.15) is 5.82 Å². The minimum Gasteiger partial charge on any atom is -0.379 e. The topological polar surface area (TPSA) is 29.5 Å². The summed E-state index contributed by atoms with van der Waals surface area (Å²) in [5.41, 5.74) is 0.815. The van der Waals surface area contributed by atoms with Crippen molar-refractivity contribution < 1.29 is 13.9 Å². The number of nitrogens with zero attached hydrogens (tertiary/aromatic N) is 1. The molecule has 1 saturated heterocycles. The summed E-state index contributed by atoms with van der Waals surface area (Å²) < 4.78 is 19.2. The van der Waals surface area contributed by atoms with Crippen LogP contribution in [-0.4, -0.2) is 32.1 Å². The predicted octanol–water partition coefficient (Wildman–Crippen LogP) is 2.25. The lowest BCUT2D eigenvalue weighted by atomic mass is 10.1. The van der Waals surface area contributed by atoms with Gasteiger partial charge in [0.25, 0.3) is 0 Å². The Hall–Kier alpha value is -1.42. The fourth-order valence-electron chi connectivity index (χ4n) is 2.17. The van der Waals surface area contributed by atoms with Crippen molar-refractivity contribution in [3.8, 4) is 0 Å². The minimum atomic E-state index is -0.355. The van der Waals surface area contributed by atoms with Crippen LogP contribution in [-0.2, 0) is 4.74 Å². The zero-order valence-electron chi connectivity index (χ0n) is 10.1. The zero-order chi connectivity index (χ0) is 12.4. The molecule has 1 aliphatic heterocycles. The molecule has 4 heteroatoms. The average Bonchev–Trinajstić information content (AvgIpc) is 2.81. The Kier molecular flexibility index (Phi) is 3.43. The quantitative estimate of drug-likeness (QED) is 0.755. The molecule has 1 aromatic rings. The van der Waals surface area contributed by atoms with E-state index in [2.05, 4.69) is 0 Å². The van der Waals surface area contributed by atoms with Crippen molar-refractivity contribution in [1.82, 2.24) is 0 Å². The highest BCUT2D eigenvalue weighted by atomic mass is 19.1. The molecule has 1 unspecified atom stereocenters. The van der Waals surface area contributed by atoms with Crippen molar-refractivity contribution in [2.45, 2.75) is 19.4 Å². The second-order valence-electron chi connectivity index (χ2n) is 4.32. The van der Waals surface area contributed by atoms with Gasteiger partial charge in [-0.2, -0.15) is 0 Å². The second-order valence-corrected chi connectivity index (χ2v) is 4.32. The summed E-state index contributed by atoms with van der Waals surface area (Å²) in [6.07, 6.45) is 0.863. The van der Waals surface area contributed by atoms with Crippen molar-refractivity contribution in [2.75, 3.05) is 25.2 Å². The van der Waals surface area contributed by atoms with E-state index >= 15 is 0 Å². The van der Waals surface area contributed by atoms with Crippen LogP contribution >= 0.6 is 0 Å². The minimum absolute atomic E-state index is 0.120. The maximum atomic E-state index is 13.9. The van der Waals surface area contributed by atoms with Gasteiger partial charge in [-0.15, -0.1) is 0 Å². The van der Waals surface area contributed by atoms with Gasteiger partial charge >= 0.3 is 0 Å². The summed E-state index contributed by atoms with van der Waals surface area (Å²) in [5.74, 6) is -0.475. The number of Topliss-reactive ketones (excluding diaryl/α,β-unsaturated/α-hetero) is 1. The Morgan fingerprint density at radius 2 is 2.29 bits per heavy atom. The van der Waals surface area contributed by atoms with E-state index in [4.69, 9.17) is 4.74 Å². The first-order valence-electron chi connectivity index (χ1n) is 5.71. The summed E-state index contributed by atoms with van der Waals surface area (Å²) >= 11 is 0. The molecule has 1 aliphatic rings. The molecule has 0 aromatic heterocycles. The molecule has 1 atom stereocenters. The van der Waals surface area contributed by atoms with Crippen LogP contribution < -0.4 is 4.90 Å². The molecule has 3 nitrogen and oxygen atoms in total. The molecule has 0 bridgehead atoms. The number of benzene rings is 1. The van der Waals surface area contributed by atoms with E-state index in [-0.39, 0.29) is 17.6 Å². The van der Waals surface area contributed by atoms with Crippen LogP contribution in [0.25, 0.3) is 0 Å². The predicted molar refractivity (Wildman–Crippen MR) is 64.0 cm³/mol. The van der Waals surface area contributed by atoms with Gasteiger partial charge in [-0.05, 0) is 25.5 Å². The molecule has 0 amide bonds. The van der Waals surface area contributed by atoms with Gasteiger partial charge in [-0.1, -0.05) is 6.07 Å². The number of hydrogen-bond acceptors (Lipinski definition) is 3. The van der Waals surface area contributed by atoms with Gasteiger partial charge in [0, 0.05) is 19.2 Å². The lowest BCUT2D eigenvalue weighted by Gasteiger charge is -2.27. The summed E-state index contributed by atoms with van der Waals surface area (Å²) in [6.45, 7) is 2.73. The number of halogens is 1. The van der Waals surface area contributed by atoms with Crippen molar-refractivity contribution in [3.63, 3.8) is 0 Å². The van der Waals surface area contributed by atoms with Gasteiger partial charge < -0.3 is 9.64 Å². The van der Waals surface area contributed by atoms with Crippen LogP contribution in [0.4, 0.5) is 10.1 Å². The Morgan fingerprint density at radius 3 is 2.88 bits per heavy atom. The maximum Gasteiger partial charge on any atom is 0.161 e. The smallest absolute Gasteiger partial charge is 0.161 e. The fraction of sp³-hybridized carbons (Fsp3) is 0.462. The van der Waals surface area contributed by atoms with Gasteiger partial charge in [-0.3, -0.25) is 4.79 Å². The first kappa shape index (κ1) is 12.0. The number of carbonyl (C=O) groups is 1. The first-order valence-corrected chi connectivity index (χ1v) is 5.71. The zero-order valence-corrected chi connectivity index (χ0v) is 10.1. The number of carbonyl (C=O) groups excluding carboxylic acids is 1. The Labute approximate surface area is 100 Å². The largest absolute Gasteiger partial charge is 0.379 e. The third-order valence-corrected chi connectivity index (χ3v) is 3.17. The molecule has 1 aromatic carbocycles. The van der Waals surface area contributed by atoms with Crippen LogP contribution in [0, 0.1) is 5.82 Å². The molecule has 92 valence electrons. The fourth-order valence-corrected chi connectivity index (χ4v) is 2.17. The van der Waals surface area contributed by atoms with E-state index < -0.39 is 0 Å². The Balaban J connectivity index is 2.38. The number of para-hydroxylation sites is 1. The number of rotatable bonds is 3. The molecule has 0 N–H and O–H groups in total. The van der Waals surface area contributed by atoms with E-state index in [1.165, 1.54) is 13.0 Å². The standard InChI is InChI=1S/C13H16FNO2/c1-9(16)11-4-3-5-12(14)13(11)15(2)10-6-7-17-8-10/h3-5,10H,6-8H2,1-2H3. The highest BCUT2D eigenvalue weighted by Crippen LogP contribution is 2.27. The van der Waals surface area contributed by atoms with Gasteiger partial charge in [0.2, 0.25) is 0 Å². The summed E-state index contributed by atoms with van der Waals surface area (Å²) in [5, 5.41) is 0. The normalized spacial score (nSPS) is 19.4. The second kappa shape index (κ2) is 4.84. The van der Waals surface area contributed by atoms with Crippen LogP contribution in [0.5, 0.6) is 0 Å². The van der Waals surface area contributed by atoms with Crippen molar-refractivity contribution in [3.05, 3.63) is 29.6 Å². The van der Waals surface area contributed by atoms with E-state index in [0.717, 1.165) is 6.42 Å². The summed E-state index contributed by atoms with van der Waals surface area (Å²) in [7, 11) is 1.81. The van der Waals surface area contributed by atoms with E-state index in [1.807, 2.05) is 11.9 Å². The van der Waals surface area contributed by atoms with Crippen molar-refractivity contribution in [2.24, 2.45) is 0 Å². The number of anilines is 1. The van der Waals surface area contributed by atoms with E-state index in [0.29, 0.717) is 24.5 Å². The average molecular weight is 237 g/mol. The first-order chi connectivity index (χ1) is 8.11. The van der Waals surface area contributed by atoms with E-state index in [1.54, 1.807) is 12.1 Å². The maximum absolute atomic E-state index is 13.9. The Bertz CT molecular complexity index is 427. The lowest BCUT2D eigenvalue weighted by molar-refractivity contribution is 0.101. The van der Waals surface area contributed by atoms with Gasteiger partial charge in [0.05, 0.1) is 18.3 Å². The van der Waals surface area contributed by atoms with Gasteiger partial charge in [-0.25, -0.2) is 4.39 Å². The highest BCUT2D eigenvalue weighted by molar-refractivity contribution is 5.99. The summed E-state index contributed by atoms with van der Waals surface area (Å²) in [4.78, 5) is 13.3. The molecule has 1 fully saturated rings. The van der Waals surface area contributed by atoms with Crippen molar-refractivity contribution in [1.29, 1.82) is 0 Å². The lowest BCUT2D eigenvalue weighted by Crippen LogP contribution is -2.33. The monoisotopic (exact) mass is 237 g/mol. The third-order valence-electron chi connectivity index (χ3n) is 3.17. The molecule has 0 spiro atoms. The SMILES string of the molecule is CC(=O)c1cccc(F)c1N(C)C1CCOC1. The van der Waals surface area contributed by atoms with Crippen LogP contribution in [0.3, 0.4) is 0 Å². The van der Waals surface area contributed by atoms with E-state index in [9.17, 15) is 9.18 Å².